The van der Waals surface area contributed by atoms with Crippen molar-refractivity contribution in [2.45, 2.75) is 13.5 Å². The number of halogens is 3. The van der Waals surface area contributed by atoms with Crippen LogP contribution >= 0.6 is 45.8 Å². The van der Waals surface area contributed by atoms with E-state index in [0.717, 1.165) is 14.7 Å². The predicted molar refractivity (Wildman–Crippen MR) is 119 cm³/mol. The molecule has 0 spiro atoms. The van der Waals surface area contributed by atoms with Crippen LogP contribution in [0.2, 0.25) is 10.0 Å². The molecule has 0 saturated heterocycles. The highest BCUT2D eigenvalue weighted by Crippen LogP contribution is 2.34. The van der Waals surface area contributed by atoms with Gasteiger partial charge in [-0.25, -0.2) is 4.79 Å². The zero-order chi connectivity index (χ0) is 20.5. The van der Waals surface area contributed by atoms with Gasteiger partial charge in [-0.1, -0.05) is 29.3 Å². The smallest absolute Gasteiger partial charge is 0.343 e. The van der Waals surface area contributed by atoms with E-state index in [2.05, 4.69) is 37.9 Å². The average Bonchev–Trinajstić information content (AvgIpc) is 2.66. The summed E-state index contributed by atoms with van der Waals surface area (Å²) in [5.74, 6) is 0.543. The summed E-state index contributed by atoms with van der Waals surface area (Å²) in [7, 11) is 1.31. The van der Waals surface area contributed by atoms with Crippen LogP contribution in [0.25, 0.3) is 0 Å². The molecule has 0 atom stereocenters. The van der Waals surface area contributed by atoms with E-state index < -0.39 is 5.97 Å². The van der Waals surface area contributed by atoms with Crippen molar-refractivity contribution in [2.75, 3.05) is 20.3 Å². The van der Waals surface area contributed by atoms with Crippen LogP contribution in [0.5, 0.6) is 11.5 Å². The Kier molecular flexibility index (Phi) is 9.14. The molecule has 0 aliphatic rings. The van der Waals surface area contributed by atoms with Crippen molar-refractivity contribution in [1.29, 1.82) is 0 Å². The number of methoxy groups -OCH3 is 1. The molecule has 0 bridgehead atoms. The number of carbonyl (C=O) groups is 1. The molecule has 1 N–H and O–H groups in total. The van der Waals surface area contributed by atoms with E-state index in [1.165, 1.54) is 7.11 Å². The van der Waals surface area contributed by atoms with E-state index >= 15 is 0 Å². The summed E-state index contributed by atoms with van der Waals surface area (Å²) < 4.78 is 16.6. The number of hydrogen-bond donors (Lipinski definition) is 1. The van der Waals surface area contributed by atoms with Gasteiger partial charge in [0.2, 0.25) is 0 Å². The zero-order valence-corrected chi connectivity index (χ0v) is 19.0. The van der Waals surface area contributed by atoms with Crippen molar-refractivity contribution in [3.63, 3.8) is 0 Å². The maximum absolute atomic E-state index is 11.3. The highest BCUT2D eigenvalue weighted by molar-refractivity contribution is 14.1. The van der Waals surface area contributed by atoms with E-state index in [1.807, 2.05) is 13.0 Å². The lowest BCUT2D eigenvalue weighted by Gasteiger charge is -2.14. The minimum absolute atomic E-state index is 0.194. The monoisotopic (exact) mass is 536 g/mol. The summed E-state index contributed by atoms with van der Waals surface area (Å²) in [6.45, 7) is 2.52. The molecule has 0 saturated carbocycles. The average molecular weight is 537 g/mol. The van der Waals surface area contributed by atoms with E-state index in [1.54, 1.807) is 30.5 Å². The number of hydrogen-bond acceptors (Lipinski definition) is 6. The summed E-state index contributed by atoms with van der Waals surface area (Å²) in [6, 6.07) is 8.99. The van der Waals surface area contributed by atoms with Gasteiger partial charge in [-0.3, -0.25) is 0 Å². The minimum atomic E-state index is -0.466. The normalized spacial score (nSPS) is 10.8. The summed E-state index contributed by atoms with van der Waals surface area (Å²) in [5.41, 5.74) is 4.51. The van der Waals surface area contributed by atoms with Gasteiger partial charge in [0.15, 0.2) is 18.1 Å². The van der Waals surface area contributed by atoms with Crippen molar-refractivity contribution in [3.8, 4) is 11.5 Å². The fourth-order valence-electron chi connectivity index (χ4n) is 2.20. The van der Waals surface area contributed by atoms with Crippen LogP contribution in [-0.4, -0.2) is 32.5 Å². The first kappa shape index (κ1) is 22.6. The molecule has 2 aromatic rings. The Morgan fingerprint density at radius 3 is 2.61 bits per heavy atom. The van der Waals surface area contributed by atoms with Crippen LogP contribution in [0, 0.1) is 3.57 Å². The number of nitrogens with zero attached hydrogens (tertiary/aromatic N) is 1. The maximum Gasteiger partial charge on any atom is 0.343 e. The Bertz CT molecular complexity index is 842. The second-order valence-electron chi connectivity index (χ2n) is 5.42. The van der Waals surface area contributed by atoms with Gasteiger partial charge in [0.1, 0.15) is 0 Å². The molecule has 9 heteroatoms. The molecule has 0 fully saturated rings. The van der Waals surface area contributed by atoms with Crippen molar-refractivity contribution in [1.82, 2.24) is 5.43 Å². The Morgan fingerprint density at radius 2 is 1.96 bits per heavy atom. The van der Waals surface area contributed by atoms with Crippen LogP contribution in [0.1, 0.15) is 18.1 Å². The quantitative estimate of drug-likeness (QED) is 0.218. The number of rotatable bonds is 9. The van der Waals surface area contributed by atoms with E-state index in [9.17, 15) is 4.79 Å². The van der Waals surface area contributed by atoms with Crippen molar-refractivity contribution in [2.24, 2.45) is 5.10 Å². The summed E-state index contributed by atoms with van der Waals surface area (Å²) >= 11 is 14.4. The predicted octanol–water partition coefficient (Wildman–Crippen LogP) is 4.67. The fourth-order valence-corrected chi connectivity index (χ4v) is 3.51. The fraction of sp³-hybridized carbons (Fsp3) is 0.263. The first-order valence-electron chi connectivity index (χ1n) is 8.31. The third kappa shape index (κ3) is 6.42. The molecule has 0 aromatic heterocycles. The molecule has 28 heavy (non-hydrogen) atoms. The number of hydrazone groups is 1. The lowest BCUT2D eigenvalue weighted by atomic mass is 10.2. The van der Waals surface area contributed by atoms with Gasteiger partial charge < -0.3 is 19.6 Å². The van der Waals surface area contributed by atoms with Crippen LogP contribution in [0.3, 0.4) is 0 Å². The van der Waals surface area contributed by atoms with Gasteiger partial charge in [0, 0.05) is 15.6 Å². The van der Waals surface area contributed by atoms with Crippen LogP contribution in [0.4, 0.5) is 0 Å². The van der Waals surface area contributed by atoms with Gasteiger partial charge in [0.25, 0.3) is 0 Å². The summed E-state index contributed by atoms with van der Waals surface area (Å²) in [5, 5.41) is 5.37. The van der Waals surface area contributed by atoms with Gasteiger partial charge in [-0.05, 0) is 59.3 Å². The van der Waals surface area contributed by atoms with Crippen LogP contribution < -0.4 is 14.9 Å². The second-order valence-corrected chi connectivity index (χ2v) is 7.40. The molecule has 0 aliphatic heterocycles. The number of ether oxygens (including phenoxy) is 3. The number of carbonyl (C=O) groups excluding carboxylic acids is 1. The van der Waals surface area contributed by atoms with Gasteiger partial charge >= 0.3 is 5.97 Å². The van der Waals surface area contributed by atoms with E-state index in [-0.39, 0.29) is 6.61 Å². The molecule has 0 heterocycles. The Balaban J connectivity index is 2.10. The Labute approximate surface area is 187 Å². The Hall–Kier alpha value is -1.71. The van der Waals surface area contributed by atoms with Crippen molar-refractivity contribution < 1.29 is 19.0 Å². The van der Waals surface area contributed by atoms with Crippen molar-refractivity contribution in [3.05, 3.63) is 55.1 Å². The van der Waals surface area contributed by atoms with E-state index in [4.69, 9.17) is 32.7 Å². The lowest BCUT2D eigenvalue weighted by Crippen LogP contribution is -2.14. The first-order valence-corrected chi connectivity index (χ1v) is 10.1. The molecule has 2 rings (SSSR count). The second kappa shape index (κ2) is 11.3. The highest BCUT2D eigenvalue weighted by Gasteiger charge is 2.14. The highest BCUT2D eigenvalue weighted by atomic mass is 127. The van der Waals surface area contributed by atoms with E-state index in [0.29, 0.717) is 34.7 Å². The standard InChI is InChI=1S/C19H19Cl2IN2O4/c1-3-27-17-8-12(7-16(22)19(17)28-11-18(25)26-2)9-23-24-10-13-14(20)5-4-6-15(13)21/h4-9,24H,3,10-11H2,1-2H3/b23-9+. The molecule has 150 valence electrons. The van der Waals surface area contributed by atoms with Gasteiger partial charge in [-0.2, -0.15) is 5.10 Å². The van der Waals surface area contributed by atoms with Gasteiger partial charge in [0.05, 0.1) is 30.0 Å². The number of esters is 1. The van der Waals surface area contributed by atoms with Crippen molar-refractivity contribution >= 4 is 58.0 Å². The number of benzene rings is 2. The molecular formula is C19H19Cl2IN2O4. The molecule has 2 aromatic carbocycles. The molecule has 0 amide bonds. The molecule has 6 nitrogen and oxygen atoms in total. The number of nitrogens with one attached hydrogen (secondary N) is 1. The zero-order valence-electron chi connectivity index (χ0n) is 15.3. The molecule has 0 unspecified atom stereocenters. The van der Waals surface area contributed by atoms with Crippen LogP contribution in [0.15, 0.2) is 35.4 Å². The lowest BCUT2D eigenvalue weighted by molar-refractivity contribution is -0.142. The SMILES string of the molecule is CCOc1cc(/C=N/NCc2c(Cl)cccc2Cl)cc(I)c1OCC(=O)OC. The van der Waals surface area contributed by atoms with Crippen LogP contribution in [-0.2, 0) is 16.1 Å². The van der Waals surface area contributed by atoms with Gasteiger partial charge in [-0.15, -0.1) is 0 Å². The molecule has 0 radical (unpaired) electrons. The summed E-state index contributed by atoms with van der Waals surface area (Å²) in [6.07, 6.45) is 1.65. The third-order valence-corrected chi connectivity index (χ3v) is 5.03. The minimum Gasteiger partial charge on any atom is -0.490 e. The maximum atomic E-state index is 11.3. The molecular weight excluding hydrogens is 518 g/mol. The third-order valence-electron chi connectivity index (χ3n) is 3.52. The molecule has 0 aliphatic carbocycles. The summed E-state index contributed by atoms with van der Waals surface area (Å²) in [4.78, 5) is 11.3. The Morgan fingerprint density at radius 1 is 1.25 bits per heavy atom. The topological polar surface area (TPSA) is 69.1 Å². The largest absolute Gasteiger partial charge is 0.490 e. The first-order chi connectivity index (χ1) is 13.5.